The minimum atomic E-state index is -0.438. The minimum Gasteiger partial charge on any atom is -0.497 e. The summed E-state index contributed by atoms with van der Waals surface area (Å²) >= 11 is 0. The lowest BCUT2D eigenvalue weighted by Gasteiger charge is -2.10. The molecule has 0 aliphatic carbocycles. The first-order chi connectivity index (χ1) is 9.24. The number of hydrogen-bond acceptors (Lipinski definition) is 4. The third-order valence-electron chi connectivity index (χ3n) is 2.58. The van der Waals surface area contributed by atoms with Gasteiger partial charge in [-0.05, 0) is 24.3 Å². The molecule has 0 heterocycles. The molecule has 0 aliphatic rings. The van der Waals surface area contributed by atoms with Crippen LogP contribution >= 0.6 is 0 Å². The molecule has 0 radical (unpaired) electrons. The van der Waals surface area contributed by atoms with E-state index in [1.807, 2.05) is 6.07 Å². The molecule has 0 N–H and O–H groups in total. The van der Waals surface area contributed by atoms with Crippen LogP contribution in [0.5, 0.6) is 17.2 Å². The van der Waals surface area contributed by atoms with E-state index in [0.29, 0.717) is 22.8 Å². The molecule has 0 atom stereocenters. The van der Waals surface area contributed by atoms with Gasteiger partial charge in [0.2, 0.25) is 0 Å². The SMILES string of the molecule is COc1ccc(OC)c(OC(=O)c2ccccc2)c1. The fraction of sp³-hybridized carbons (Fsp3) is 0.133. The Labute approximate surface area is 111 Å². The van der Waals surface area contributed by atoms with E-state index in [0.717, 1.165) is 0 Å². The van der Waals surface area contributed by atoms with Crippen molar-refractivity contribution in [1.82, 2.24) is 0 Å². The van der Waals surface area contributed by atoms with E-state index in [1.165, 1.54) is 7.11 Å². The molecule has 0 unspecified atom stereocenters. The first kappa shape index (κ1) is 13.0. The number of benzene rings is 2. The molecule has 2 rings (SSSR count). The van der Waals surface area contributed by atoms with Gasteiger partial charge in [-0.15, -0.1) is 0 Å². The van der Waals surface area contributed by atoms with Crippen molar-refractivity contribution in [2.75, 3.05) is 14.2 Å². The summed E-state index contributed by atoms with van der Waals surface area (Å²) in [6, 6.07) is 13.8. The Kier molecular flexibility index (Phi) is 4.03. The van der Waals surface area contributed by atoms with E-state index in [2.05, 4.69) is 0 Å². The summed E-state index contributed by atoms with van der Waals surface area (Å²) in [7, 11) is 3.06. The second-order valence-electron chi connectivity index (χ2n) is 3.77. The summed E-state index contributed by atoms with van der Waals surface area (Å²) < 4.78 is 15.6. The molecule has 2 aromatic carbocycles. The second-order valence-corrected chi connectivity index (χ2v) is 3.77. The number of carbonyl (C=O) groups is 1. The summed E-state index contributed by atoms with van der Waals surface area (Å²) in [6.45, 7) is 0. The molecule has 2 aromatic rings. The summed E-state index contributed by atoms with van der Waals surface area (Å²) in [5, 5.41) is 0. The average Bonchev–Trinajstić information content (AvgIpc) is 2.48. The van der Waals surface area contributed by atoms with Crippen LogP contribution in [0.15, 0.2) is 48.5 Å². The van der Waals surface area contributed by atoms with Gasteiger partial charge < -0.3 is 14.2 Å². The maximum atomic E-state index is 12.0. The van der Waals surface area contributed by atoms with Crippen molar-refractivity contribution >= 4 is 5.97 Å². The number of rotatable bonds is 4. The van der Waals surface area contributed by atoms with Crippen LogP contribution in [0.3, 0.4) is 0 Å². The lowest BCUT2D eigenvalue weighted by Crippen LogP contribution is -2.09. The topological polar surface area (TPSA) is 44.8 Å². The lowest BCUT2D eigenvalue weighted by molar-refractivity contribution is 0.0729. The highest BCUT2D eigenvalue weighted by molar-refractivity contribution is 5.91. The van der Waals surface area contributed by atoms with Crippen LogP contribution in [0.1, 0.15) is 10.4 Å². The minimum absolute atomic E-state index is 0.329. The van der Waals surface area contributed by atoms with Crippen molar-refractivity contribution < 1.29 is 19.0 Å². The Balaban J connectivity index is 2.25. The molecule has 0 fully saturated rings. The Bertz CT molecular complexity index is 564. The van der Waals surface area contributed by atoms with Crippen LogP contribution in [-0.2, 0) is 0 Å². The maximum Gasteiger partial charge on any atom is 0.343 e. The normalized spacial score (nSPS) is 9.79. The van der Waals surface area contributed by atoms with E-state index < -0.39 is 5.97 Å². The molecule has 0 amide bonds. The fourth-order valence-electron chi connectivity index (χ4n) is 1.60. The highest BCUT2D eigenvalue weighted by Crippen LogP contribution is 2.31. The summed E-state index contributed by atoms with van der Waals surface area (Å²) in [5.41, 5.74) is 0.479. The van der Waals surface area contributed by atoms with Gasteiger partial charge >= 0.3 is 5.97 Å². The quantitative estimate of drug-likeness (QED) is 0.624. The highest BCUT2D eigenvalue weighted by Gasteiger charge is 2.12. The van der Waals surface area contributed by atoms with Crippen LogP contribution < -0.4 is 14.2 Å². The van der Waals surface area contributed by atoms with E-state index >= 15 is 0 Å². The number of esters is 1. The summed E-state index contributed by atoms with van der Waals surface area (Å²) in [5.74, 6) is 0.963. The molecular weight excluding hydrogens is 244 g/mol. The van der Waals surface area contributed by atoms with Gasteiger partial charge in [0.1, 0.15) is 5.75 Å². The summed E-state index contributed by atoms with van der Waals surface area (Å²) in [4.78, 5) is 12.0. The molecule has 0 bridgehead atoms. The molecule has 98 valence electrons. The Morgan fingerprint density at radius 1 is 0.895 bits per heavy atom. The summed E-state index contributed by atoms with van der Waals surface area (Å²) in [6.07, 6.45) is 0. The zero-order chi connectivity index (χ0) is 13.7. The number of hydrogen-bond donors (Lipinski definition) is 0. The van der Waals surface area contributed by atoms with Crippen molar-refractivity contribution in [1.29, 1.82) is 0 Å². The van der Waals surface area contributed by atoms with Gasteiger partial charge in [-0.1, -0.05) is 18.2 Å². The third kappa shape index (κ3) is 3.04. The van der Waals surface area contributed by atoms with Gasteiger partial charge in [-0.3, -0.25) is 0 Å². The first-order valence-corrected chi connectivity index (χ1v) is 5.74. The van der Waals surface area contributed by atoms with Crippen LogP contribution in [0, 0.1) is 0 Å². The molecule has 19 heavy (non-hydrogen) atoms. The lowest BCUT2D eigenvalue weighted by atomic mass is 10.2. The van der Waals surface area contributed by atoms with Gasteiger partial charge in [0.25, 0.3) is 0 Å². The monoisotopic (exact) mass is 258 g/mol. The van der Waals surface area contributed by atoms with Gasteiger partial charge in [-0.25, -0.2) is 4.79 Å². The largest absolute Gasteiger partial charge is 0.497 e. The van der Waals surface area contributed by atoms with E-state index in [4.69, 9.17) is 14.2 Å². The Morgan fingerprint density at radius 3 is 2.26 bits per heavy atom. The number of ether oxygens (including phenoxy) is 3. The molecular formula is C15H14O4. The van der Waals surface area contributed by atoms with E-state index in [-0.39, 0.29) is 0 Å². The van der Waals surface area contributed by atoms with Gasteiger partial charge in [0.05, 0.1) is 19.8 Å². The third-order valence-corrected chi connectivity index (χ3v) is 2.58. The number of methoxy groups -OCH3 is 2. The zero-order valence-electron chi connectivity index (χ0n) is 10.8. The fourth-order valence-corrected chi connectivity index (χ4v) is 1.60. The molecule has 4 heteroatoms. The van der Waals surface area contributed by atoms with Crippen LogP contribution in [0.25, 0.3) is 0 Å². The van der Waals surface area contributed by atoms with Crippen molar-refractivity contribution in [2.45, 2.75) is 0 Å². The van der Waals surface area contributed by atoms with Crippen molar-refractivity contribution in [3.8, 4) is 17.2 Å². The molecule has 0 saturated heterocycles. The van der Waals surface area contributed by atoms with Crippen molar-refractivity contribution in [3.63, 3.8) is 0 Å². The predicted octanol–water partition coefficient (Wildman–Crippen LogP) is 2.92. The Hall–Kier alpha value is -2.49. The van der Waals surface area contributed by atoms with Crippen molar-refractivity contribution in [3.05, 3.63) is 54.1 Å². The van der Waals surface area contributed by atoms with Gasteiger partial charge in [0.15, 0.2) is 11.5 Å². The van der Waals surface area contributed by atoms with Crippen molar-refractivity contribution in [2.24, 2.45) is 0 Å². The van der Waals surface area contributed by atoms with Crippen LogP contribution in [0.4, 0.5) is 0 Å². The smallest absolute Gasteiger partial charge is 0.343 e. The van der Waals surface area contributed by atoms with E-state index in [9.17, 15) is 4.79 Å². The Morgan fingerprint density at radius 2 is 1.63 bits per heavy atom. The molecule has 0 spiro atoms. The standard InChI is InChI=1S/C15H14O4/c1-17-12-8-9-13(18-2)14(10-12)19-15(16)11-6-4-3-5-7-11/h3-10H,1-2H3. The maximum absolute atomic E-state index is 12.0. The van der Waals surface area contributed by atoms with Gasteiger partial charge in [-0.2, -0.15) is 0 Å². The van der Waals surface area contributed by atoms with Gasteiger partial charge in [0, 0.05) is 6.07 Å². The predicted molar refractivity (Wildman–Crippen MR) is 70.9 cm³/mol. The van der Waals surface area contributed by atoms with Crippen LogP contribution in [-0.4, -0.2) is 20.2 Å². The average molecular weight is 258 g/mol. The molecule has 0 aromatic heterocycles. The molecule has 0 saturated carbocycles. The first-order valence-electron chi connectivity index (χ1n) is 5.74. The molecule has 0 aliphatic heterocycles. The molecule has 4 nitrogen and oxygen atoms in total. The number of carbonyl (C=O) groups excluding carboxylic acids is 1. The zero-order valence-corrected chi connectivity index (χ0v) is 10.8. The highest BCUT2D eigenvalue weighted by atomic mass is 16.6. The second kappa shape index (κ2) is 5.91. The van der Waals surface area contributed by atoms with E-state index in [1.54, 1.807) is 49.6 Å². The van der Waals surface area contributed by atoms with Crippen LogP contribution in [0.2, 0.25) is 0 Å².